The van der Waals surface area contributed by atoms with E-state index in [1.165, 1.54) is 12.7 Å². The maximum absolute atomic E-state index is 13.1. The van der Waals surface area contributed by atoms with E-state index >= 15 is 0 Å². The van der Waals surface area contributed by atoms with Gasteiger partial charge in [0.05, 0.1) is 7.11 Å². The number of nitrogens with zero attached hydrogens (tertiary/aromatic N) is 2. The van der Waals surface area contributed by atoms with E-state index in [1.54, 1.807) is 0 Å². The highest BCUT2D eigenvalue weighted by Gasteiger charge is 2.42. The van der Waals surface area contributed by atoms with Crippen molar-refractivity contribution in [2.75, 3.05) is 30.5 Å². The number of hydrogen-bond acceptors (Lipinski definition) is 4. The normalized spacial score (nSPS) is 19.3. The number of hydrogen-bond donors (Lipinski definition) is 0. The molecule has 2 aliphatic rings. The molecule has 4 nitrogen and oxygen atoms in total. The van der Waals surface area contributed by atoms with Crippen LogP contribution in [0.1, 0.15) is 22.6 Å². The molecule has 0 amide bonds. The molecule has 2 aliphatic heterocycles. The number of methoxy groups -OCH3 is 1. The second-order valence-corrected chi connectivity index (χ2v) is 8.81. The van der Waals surface area contributed by atoms with Crippen LogP contribution in [0.4, 0.5) is 11.4 Å². The van der Waals surface area contributed by atoms with Gasteiger partial charge in [-0.2, -0.15) is 0 Å². The van der Waals surface area contributed by atoms with E-state index in [2.05, 4.69) is 65.4 Å². The van der Waals surface area contributed by atoms with Gasteiger partial charge in [0.25, 0.3) is 0 Å². The number of rotatable bonds is 4. The van der Waals surface area contributed by atoms with E-state index in [0.29, 0.717) is 6.54 Å². The molecule has 162 valence electrons. The Morgan fingerprint density at radius 1 is 1.00 bits per heavy atom. The lowest BCUT2D eigenvalue weighted by atomic mass is 9.93. The van der Waals surface area contributed by atoms with Crippen LogP contribution < -0.4 is 9.80 Å². The molecule has 0 saturated carbocycles. The average molecular weight is 445 g/mol. The van der Waals surface area contributed by atoms with Gasteiger partial charge in [-0.15, -0.1) is 0 Å². The lowest BCUT2D eigenvalue weighted by Crippen LogP contribution is -2.38. The summed E-state index contributed by atoms with van der Waals surface area (Å²) in [6.07, 6.45) is 2.25. The predicted molar refractivity (Wildman–Crippen MR) is 130 cm³/mol. The number of anilines is 2. The lowest BCUT2D eigenvalue weighted by molar-refractivity contribution is -0.140. The third kappa shape index (κ3) is 3.55. The Labute approximate surface area is 193 Å². The summed E-state index contributed by atoms with van der Waals surface area (Å²) in [5, 5.41) is 0.719. The van der Waals surface area contributed by atoms with Gasteiger partial charge in [0.2, 0.25) is 0 Å². The van der Waals surface area contributed by atoms with Crippen LogP contribution in [-0.4, -0.2) is 32.7 Å². The fourth-order valence-electron chi connectivity index (χ4n) is 4.90. The largest absolute Gasteiger partial charge is 0.467 e. The third-order valence-electron chi connectivity index (χ3n) is 6.41. The first-order valence-corrected chi connectivity index (χ1v) is 11.1. The highest BCUT2D eigenvalue weighted by atomic mass is 35.5. The SMILES string of the molecule is COC(=O)[C@@H]1C2=CC(c3ccc(Cl)cc3)CN(C)c3cccc(c32)N1Cc1ccccc1. The standard InChI is InChI=1S/C27H25ClN2O2/c1-29-17-20(19-11-13-21(28)14-12-19)15-22-25-23(29)9-6-10-24(25)30(26(22)27(31)32-2)16-18-7-4-3-5-8-18/h3-15,20,26H,16-17H2,1-2H3/t20?,26-/m0/s1. The van der Waals surface area contributed by atoms with Crippen molar-refractivity contribution in [1.29, 1.82) is 0 Å². The molecule has 1 unspecified atom stereocenters. The van der Waals surface area contributed by atoms with Crippen molar-refractivity contribution in [2.24, 2.45) is 0 Å². The Hall–Kier alpha value is -3.24. The van der Waals surface area contributed by atoms with E-state index in [-0.39, 0.29) is 11.9 Å². The first-order valence-electron chi connectivity index (χ1n) is 10.8. The van der Waals surface area contributed by atoms with Gasteiger partial charge < -0.3 is 14.5 Å². The summed E-state index contributed by atoms with van der Waals surface area (Å²) >= 11 is 6.13. The van der Waals surface area contributed by atoms with E-state index in [4.69, 9.17) is 16.3 Å². The van der Waals surface area contributed by atoms with Gasteiger partial charge in [0.15, 0.2) is 6.04 Å². The lowest BCUT2D eigenvalue weighted by Gasteiger charge is -2.28. The molecule has 0 radical (unpaired) electrons. The Kier molecular flexibility index (Phi) is 5.40. The molecule has 0 bridgehead atoms. The molecule has 0 spiro atoms. The van der Waals surface area contributed by atoms with Gasteiger partial charge >= 0.3 is 5.97 Å². The molecular weight excluding hydrogens is 420 g/mol. The molecular formula is C27H25ClN2O2. The molecule has 0 aromatic heterocycles. The van der Waals surface area contributed by atoms with Crippen LogP contribution in [0.5, 0.6) is 0 Å². The number of benzene rings is 3. The third-order valence-corrected chi connectivity index (χ3v) is 6.66. The Bertz CT molecular complexity index is 1170. The van der Waals surface area contributed by atoms with Gasteiger partial charge in [0.1, 0.15) is 0 Å². The topological polar surface area (TPSA) is 32.8 Å². The molecule has 32 heavy (non-hydrogen) atoms. The number of likely N-dealkylation sites (N-methyl/N-ethyl adjacent to an activating group) is 1. The van der Waals surface area contributed by atoms with Crippen molar-refractivity contribution in [1.82, 2.24) is 0 Å². The van der Waals surface area contributed by atoms with Crippen LogP contribution in [0.25, 0.3) is 5.57 Å². The number of esters is 1. The van der Waals surface area contributed by atoms with Crippen LogP contribution in [0, 0.1) is 0 Å². The molecule has 0 aliphatic carbocycles. The van der Waals surface area contributed by atoms with Crippen molar-refractivity contribution in [3.8, 4) is 0 Å². The zero-order valence-corrected chi connectivity index (χ0v) is 18.9. The van der Waals surface area contributed by atoms with Gasteiger partial charge in [-0.05, 0) is 41.0 Å². The minimum Gasteiger partial charge on any atom is -0.467 e. The molecule has 3 aromatic carbocycles. The number of carbonyl (C=O) groups excluding carboxylic acids is 1. The molecule has 0 saturated heterocycles. The number of carbonyl (C=O) groups is 1. The summed E-state index contributed by atoms with van der Waals surface area (Å²) in [6.45, 7) is 1.44. The van der Waals surface area contributed by atoms with Crippen molar-refractivity contribution < 1.29 is 9.53 Å². The zero-order valence-electron chi connectivity index (χ0n) is 18.2. The van der Waals surface area contributed by atoms with E-state index < -0.39 is 6.04 Å². The Morgan fingerprint density at radius 2 is 1.72 bits per heavy atom. The maximum atomic E-state index is 13.1. The van der Waals surface area contributed by atoms with Gasteiger partial charge in [-0.1, -0.05) is 66.2 Å². The van der Waals surface area contributed by atoms with Gasteiger partial charge in [-0.25, -0.2) is 4.79 Å². The Morgan fingerprint density at radius 3 is 2.44 bits per heavy atom. The highest BCUT2D eigenvalue weighted by molar-refractivity contribution is 6.30. The molecule has 5 rings (SSSR count). The summed E-state index contributed by atoms with van der Waals surface area (Å²) in [7, 11) is 3.58. The minimum atomic E-state index is -0.488. The van der Waals surface area contributed by atoms with Crippen LogP contribution >= 0.6 is 11.6 Å². The van der Waals surface area contributed by atoms with Crippen molar-refractivity contribution in [3.63, 3.8) is 0 Å². The smallest absolute Gasteiger partial charge is 0.333 e. The minimum absolute atomic E-state index is 0.122. The highest BCUT2D eigenvalue weighted by Crippen LogP contribution is 2.49. The quantitative estimate of drug-likeness (QED) is 0.496. The van der Waals surface area contributed by atoms with Crippen molar-refractivity contribution in [2.45, 2.75) is 18.5 Å². The van der Waals surface area contributed by atoms with Crippen molar-refractivity contribution in [3.05, 3.63) is 101 Å². The monoisotopic (exact) mass is 444 g/mol. The molecule has 2 atom stereocenters. The van der Waals surface area contributed by atoms with Crippen LogP contribution in [0.3, 0.4) is 0 Å². The molecule has 5 heteroatoms. The molecule has 3 aromatic rings. The van der Waals surface area contributed by atoms with E-state index in [0.717, 1.165) is 39.6 Å². The van der Waals surface area contributed by atoms with E-state index in [9.17, 15) is 4.79 Å². The maximum Gasteiger partial charge on any atom is 0.333 e. The zero-order chi connectivity index (χ0) is 22.2. The second kappa shape index (κ2) is 8.36. The first kappa shape index (κ1) is 20.7. The predicted octanol–water partition coefficient (Wildman–Crippen LogP) is 5.52. The summed E-state index contributed by atoms with van der Waals surface area (Å²) in [6, 6.07) is 24.1. The summed E-state index contributed by atoms with van der Waals surface area (Å²) in [4.78, 5) is 17.6. The molecule has 2 heterocycles. The summed E-state index contributed by atoms with van der Waals surface area (Å²) < 4.78 is 5.30. The molecule has 0 N–H and O–H groups in total. The van der Waals surface area contributed by atoms with Crippen molar-refractivity contribution >= 4 is 34.5 Å². The Balaban J connectivity index is 1.66. The number of ether oxygens (including phenoxy) is 1. The number of halogens is 1. The van der Waals surface area contributed by atoms with Gasteiger partial charge in [0, 0.05) is 48.0 Å². The average Bonchev–Trinajstić information content (AvgIpc) is 3.03. The first-order chi connectivity index (χ1) is 15.6. The summed E-state index contributed by atoms with van der Waals surface area (Å²) in [5.74, 6) is -0.120. The van der Waals surface area contributed by atoms with Crippen LogP contribution in [0.2, 0.25) is 5.02 Å². The van der Waals surface area contributed by atoms with E-state index in [1.807, 2.05) is 30.3 Å². The fourth-order valence-corrected chi connectivity index (χ4v) is 5.02. The van der Waals surface area contributed by atoms with Gasteiger partial charge in [-0.3, -0.25) is 0 Å². The molecule has 0 fully saturated rings. The fraction of sp³-hybridized carbons (Fsp3) is 0.222. The van der Waals surface area contributed by atoms with Crippen LogP contribution in [0.15, 0.2) is 78.9 Å². The second-order valence-electron chi connectivity index (χ2n) is 8.37. The van der Waals surface area contributed by atoms with Crippen LogP contribution in [-0.2, 0) is 16.1 Å². The summed E-state index contributed by atoms with van der Waals surface area (Å²) in [5.41, 5.74) is 6.67.